The van der Waals surface area contributed by atoms with E-state index in [0.29, 0.717) is 11.3 Å². The summed E-state index contributed by atoms with van der Waals surface area (Å²) >= 11 is 0. The quantitative estimate of drug-likeness (QED) is 0.430. The normalized spacial score (nSPS) is 49.4. The number of hydrogen-bond donors (Lipinski definition) is 1. The van der Waals surface area contributed by atoms with E-state index in [2.05, 4.69) is 20.4 Å². The predicted molar refractivity (Wildman–Crippen MR) is 106 cm³/mol. The highest BCUT2D eigenvalue weighted by Crippen LogP contribution is 2.65. The lowest BCUT2D eigenvalue weighted by atomic mass is 9.49. The Morgan fingerprint density at radius 1 is 1.04 bits per heavy atom. The molecule has 2 heteroatoms. The zero-order valence-corrected chi connectivity index (χ0v) is 16.8. The molecule has 8 atom stereocenters. The lowest BCUT2D eigenvalue weighted by Gasteiger charge is -2.56. The van der Waals surface area contributed by atoms with Crippen LogP contribution in [0.5, 0.6) is 0 Å². The number of nitrogens with zero attached hydrogens (tertiary/aromatic N) is 1. The van der Waals surface area contributed by atoms with Crippen molar-refractivity contribution in [3.63, 3.8) is 0 Å². The van der Waals surface area contributed by atoms with E-state index in [1.807, 2.05) is 12.1 Å². The van der Waals surface area contributed by atoms with Crippen molar-refractivity contribution in [2.45, 2.75) is 71.6 Å². The Morgan fingerprint density at radius 2 is 1.80 bits per heavy atom. The second kappa shape index (κ2) is 6.68. The molecule has 4 aliphatic carbocycles. The van der Waals surface area contributed by atoms with Crippen LogP contribution >= 0.6 is 0 Å². The van der Waals surface area contributed by atoms with Crippen LogP contribution in [0, 0.1) is 46.8 Å². The van der Waals surface area contributed by atoms with Gasteiger partial charge in [-0.1, -0.05) is 32.4 Å². The molecule has 8 unspecified atom stereocenters. The number of likely N-dealkylation sites (N-methyl/N-ethyl adjacent to an activating group) is 1. The van der Waals surface area contributed by atoms with E-state index in [1.54, 1.807) is 0 Å². The van der Waals surface area contributed by atoms with Crippen LogP contribution in [0.1, 0.15) is 71.6 Å². The fourth-order valence-corrected chi connectivity index (χ4v) is 8.19. The molecule has 0 saturated heterocycles. The fraction of sp³-hybridized carbons (Fsp3) is 0.913. The van der Waals surface area contributed by atoms with Crippen molar-refractivity contribution in [1.82, 2.24) is 5.01 Å². The van der Waals surface area contributed by atoms with Crippen LogP contribution in [0.25, 0.3) is 0 Å². The van der Waals surface area contributed by atoms with Gasteiger partial charge in [0.25, 0.3) is 0 Å². The molecule has 4 fully saturated rings. The molecule has 25 heavy (non-hydrogen) atoms. The van der Waals surface area contributed by atoms with E-state index in [1.165, 1.54) is 63.4 Å². The Hall–Kier alpha value is -0.340. The van der Waals surface area contributed by atoms with Crippen molar-refractivity contribution in [2.75, 3.05) is 13.6 Å². The maximum atomic E-state index is 5.94. The van der Waals surface area contributed by atoms with Gasteiger partial charge in [0.1, 0.15) is 0 Å². The molecule has 4 aliphatic rings. The minimum atomic E-state index is 0.503. The average Bonchev–Trinajstić information content (AvgIpc) is 2.91. The Labute approximate surface area is 155 Å². The first-order valence-corrected chi connectivity index (χ1v) is 11.0. The topological polar surface area (TPSA) is 29.3 Å². The van der Waals surface area contributed by atoms with Gasteiger partial charge in [-0.2, -0.15) is 0 Å². The van der Waals surface area contributed by atoms with Crippen molar-refractivity contribution in [3.05, 3.63) is 12.2 Å². The van der Waals surface area contributed by atoms with Gasteiger partial charge in [0.2, 0.25) is 0 Å². The van der Waals surface area contributed by atoms with E-state index >= 15 is 0 Å². The maximum absolute atomic E-state index is 5.94. The van der Waals surface area contributed by atoms with Gasteiger partial charge in [-0.25, -0.2) is 5.01 Å². The Bertz CT molecular complexity index is 512. The van der Waals surface area contributed by atoms with Crippen molar-refractivity contribution < 1.29 is 0 Å². The highest BCUT2D eigenvalue weighted by molar-refractivity contribution is 5.16. The van der Waals surface area contributed by atoms with Crippen LogP contribution in [0.2, 0.25) is 0 Å². The summed E-state index contributed by atoms with van der Waals surface area (Å²) in [6.45, 7) is 10.4. The van der Waals surface area contributed by atoms with Crippen LogP contribution in [0.4, 0.5) is 0 Å². The molecular formula is C23H40N2. The molecule has 0 heterocycles. The first-order chi connectivity index (χ1) is 11.9. The number of rotatable bonds is 3. The molecule has 0 aromatic carbocycles. The van der Waals surface area contributed by atoms with Gasteiger partial charge >= 0.3 is 0 Å². The molecule has 0 aromatic heterocycles. The maximum Gasteiger partial charge on any atom is 0.0335 e. The molecule has 0 spiro atoms. The SMILES string of the molecule is C=C(CN(C)N)C1CCC2C3CCC4CC(C)CCC4C3CCC12C. The number of fused-ring (bicyclic) bond motifs is 5. The molecular weight excluding hydrogens is 304 g/mol. The Morgan fingerprint density at radius 3 is 2.56 bits per heavy atom. The second-order valence-corrected chi connectivity index (χ2v) is 10.6. The van der Waals surface area contributed by atoms with Gasteiger partial charge in [0.15, 0.2) is 0 Å². The summed E-state index contributed by atoms with van der Waals surface area (Å²) in [6.07, 6.45) is 13.3. The van der Waals surface area contributed by atoms with Gasteiger partial charge in [0.05, 0.1) is 0 Å². The average molecular weight is 345 g/mol. The molecule has 0 bridgehead atoms. The molecule has 2 N–H and O–H groups in total. The summed E-state index contributed by atoms with van der Waals surface area (Å²) in [6, 6.07) is 0. The van der Waals surface area contributed by atoms with E-state index < -0.39 is 0 Å². The van der Waals surface area contributed by atoms with Crippen LogP contribution in [-0.4, -0.2) is 18.6 Å². The monoisotopic (exact) mass is 344 g/mol. The van der Waals surface area contributed by atoms with Gasteiger partial charge < -0.3 is 0 Å². The third-order valence-corrected chi connectivity index (χ3v) is 9.16. The molecule has 142 valence electrons. The van der Waals surface area contributed by atoms with Crippen molar-refractivity contribution in [3.8, 4) is 0 Å². The summed E-state index contributed by atoms with van der Waals surface area (Å²) in [5.74, 6) is 12.8. The minimum absolute atomic E-state index is 0.503. The number of nitrogens with two attached hydrogens (primary N) is 1. The van der Waals surface area contributed by atoms with Crippen molar-refractivity contribution in [1.29, 1.82) is 0 Å². The number of hydrazine groups is 1. The van der Waals surface area contributed by atoms with Crippen molar-refractivity contribution >= 4 is 0 Å². The lowest BCUT2D eigenvalue weighted by molar-refractivity contribution is -0.0637. The molecule has 0 aliphatic heterocycles. The summed E-state index contributed by atoms with van der Waals surface area (Å²) in [5.41, 5.74) is 1.90. The van der Waals surface area contributed by atoms with Crippen molar-refractivity contribution in [2.24, 2.45) is 52.7 Å². The van der Waals surface area contributed by atoms with Gasteiger partial charge in [-0.15, -0.1) is 0 Å². The van der Waals surface area contributed by atoms with Gasteiger partial charge in [0, 0.05) is 13.6 Å². The molecule has 0 amide bonds. The Kier molecular flexibility index (Phi) is 4.82. The minimum Gasteiger partial charge on any atom is -0.269 e. The van der Waals surface area contributed by atoms with Crippen LogP contribution in [-0.2, 0) is 0 Å². The summed E-state index contributed by atoms with van der Waals surface area (Å²) in [7, 11) is 1.97. The van der Waals surface area contributed by atoms with Gasteiger partial charge in [-0.05, 0) is 98.2 Å². The lowest BCUT2D eigenvalue weighted by Crippen LogP contribution is -2.49. The molecule has 4 saturated carbocycles. The number of hydrogen-bond acceptors (Lipinski definition) is 2. The van der Waals surface area contributed by atoms with E-state index in [9.17, 15) is 0 Å². The van der Waals surface area contributed by atoms with Crippen LogP contribution in [0.15, 0.2) is 12.2 Å². The third-order valence-electron chi connectivity index (χ3n) is 9.16. The third kappa shape index (κ3) is 3.02. The first kappa shape index (κ1) is 18.0. The highest BCUT2D eigenvalue weighted by Gasteiger charge is 2.57. The summed E-state index contributed by atoms with van der Waals surface area (Å²) in [4.78, 5) is 0. The summed E-state index contributed by atoms with van der Waals surface area (Å²) in [5, 5.41) is 1.82. The first-order valence-electron chi connectivity index (χ1n) is 11.0. The molecule has 0 radical (unpaired) electrons. The second-order valence-electron chi connectivity index (χ2n) is 10.6. The standard InChI is InChI=1S/C23H40N2/c1-15-5-7-18-17(13-15)6-8-20-19(18)11-12-23(3)21(9-10-22(20)23)16(2)14-25(4)24/h15,17-22H,2,5-14,24H2,1,3-4H3. The van der Waals surface area contributed by atoms with E-state index in [-0.39, 0.29) is 0 Å². The smallest absolute Gasteiger partial charge is 0.0335 e. The van der Waals surface area contributed by atoms with Crippen LogP contribution in [0.3, 0.4) is 0 Å². The van der Waals surface area contributed by atoms with E-state index in [4.69, 9.17) is 5.84 Å². The van der Waals surface area contributed by atoms with Crippen LogP contribution < -0.4 is 5.84 Å². The summed E-state index contributed by atoms with van der Waals surface area (Å²) < 4.78 is 0. The van der Waals surface area contributed by atoms with Gasteiger partial charge in [-0.3, -0.25) is 5.84 Å². The zero-order chi connectivity index (χ0) is 17.8. The zero-order valence-electron chi connectivity index (χ0n) is 16.8. The predicted octanol–water partition coefficient (Wildman–Crippen LogP) is 5.25. The molecule has 0 aromatic rings. The molecule has 2 nitrogen and oxygen atoms in total. The highest BCUT2D eigenvalue weighted by atomic mass is 15.4. The Balaban J connectivity index is 1.51. The molecule has 4 rings (SSSR count). The van der Waals surface area contributed by atoms with E-state index in [0.717, 1.165) is 42.1 Å². The fourth-order valence-electron chi connectivity index (χ4n) is 8.19. The largest absolute Gasteiger partial charge is 0.269 e.